The molecule has 0 aliphatic heterocycles. The van der Waals surface area contributed by atoms with Crippen LogP contribution in [0.4, 0.5) is 38.5 Å². The van der Waals surface area contributed by atoms with Crippen molar-refractivity contribution >= 4 is 87.2 Å². The van der Waals surface area contributed by atoms with Gasteiger partial charge in [0, 0.05) is 33.9 Å². The summed E-state index contributed by atoms with van der Waals surface area (Å²) < 4.78 is 17.8. The van der Waals surface area contributed by atoms with E-state index in [1.54, 1.807) is 6.07 Å². The summed E-state index contributed by atoms with van der Waals surface area (Å²) in [6.45, 7) is 0. The van der Waals surface area contributed by atoms with Crippen LogP contribution in [0.25, 0.3) is 76.5 Å². The number of para-hydroxylation sites is 2. The summed E-state index contributed by atoms with van der Waals surface area (Å²) in [5, 5.41) is 9.30. The first-order valence-electron chi connectivity index (χ1n) is 24.1. The molecule has 0 amide bonds. The molecule has 0 aromatic heterocycles. The highest BCUT2D eigenvalue weighted by Crippen LogP contribution is 2.50. The average Bonchev–Trinajstić information content (AvgIpc) is 3.42. The number of halogens is 1. The molecule has 342 valence electrons. The van der Waals surface area contributed by atoms with Gasteiger partial charge in [-0.3, -0.25) is 0 Å². The molecule has 71 heavy (non-hydrogen) atoms. The van der Waals surface area contributed by atoms with Gasteiger partial charge >= 0.3 is 0 Å². The Bertz CT molecular complexity index is 3890. The maximum absolute atomic E-state index is 17.8. The van der Waals surface area contributed by atoms with E-state index in [2.05, 4.69) is 223 Å². The molecular weight excluding hydrogens is 884 g/mol. The number of hydrogen-bond acceptors (Lipinski definition) is 2. The molecule has 12 aromatic carbocycles. The summed E-state index contributed by atoms with van der Waals surface area (Å²) in [5.74, 6) is -0.309. The van der Waals surface area contributed by atoms with Gasteiger partial charge in [0.2, 0.25) is 0 Å². The molecule has 0 unspecified atom stereocenters. The van der Waals surface area contributed by atoms with Gasteiger partial charge in [-0.2, -0.15) is 0 Å². The maximum Gasteiger partial charge on any atom is 0.148 e. The number of rotatable bonds is 10. The van der Waals surface area contributed by atoms with Crippen LogP contribution in [-0.2, 0) is 0 Å². The Balaban J connectivity index is 1.07. The Morgan fingerprint density at radius 3 is 1.49 bits per heavy atom. The topological polar surface area (TPSA) is 6.48 Å². The van der Waals surface area contributed by atoms with E-state index in [9.17, 15) is 0 Å². The van der Waals surface area contributed by atoms with Gasteiger partial charge in [0.15, 0.2) is 0 Å². The zero-order chi connectivity index (χ0) is 48.1. The van der Waals surface area contributed by atoms with Crippen LogP contribution in [0.2, 0.25) is 0 Å². The quantitative estimate of drug-likeness (QED) is 0.126. The van der Waals surface area contributed by atoms with Crippen molar-refractivity contribution in [2.24, 2.45) is 0 Å². The van der Waals surface area contributed by atoms with Crippen molar-refractivity contribution in [3.63, 3.8) is 0 Å². The molecule has 4 heteroatoms. The molecule has 0 aliphatic carbocycles. The lowest BCUT2D eigenvalue weighted by molar-refractivity contribution is 0.630. The Kier molecular flexibility index (Phi) is 11.2. The highest BCUT2D eigenvalue weighted by Gasteiger charge is 2.26. The van der Waals surface area contributed by atoms with E-state index in [0.29, 0.717) is 5.69 Å². The van der Waals surface area contributed by atoms with Crippen LogP contribution in [0, 0.1) is 5.82 Å². The third kappa shape index (κ3) is 8.06. The Morgan fingerprint density at radius 2 is 0.817 bits per heavy atom. The second-order valence-corrected chi connectivity index (χ2v) is 23.1. The summed E-state index contributed by atoms with van der Waals surface area (Å²) in [6, 6.07) is 89.6. The molecule has 0 radical (unpaired) electrons. The SMILES string of the molecule is CS(C)(C)c1ccc(N(c2ccccc2)c2ccc3c(ccc4c5ccc(N(c6ccccc6-c6ccccc6)c6c(F)cc(-c7ccccc7)cc6-c6ccccc6)cc5c5ccccc5c34)c2)cc1. The van der Waals surface area contributed by atoms with Crippen LogP contribution in [0.3, 0.4) is 0 Å². The lowest BCUT2D eigenvalue weighted by atomic mass is 9.90. The molecule has 0 N–H and O–H groups in total. The maximum atomic E-state index is 17.8. The molecule has 0 aliphatic rings. The lowest BCUT2D eigenvalue weighted by Crippen LogP contribution is -2.14. The number of hydrogen-bond donors (Lipinski definition) is 0. The molecule has 12 rings (SSSR count). The summed E-state index contributed by atoms with van der Waals surface area (Å²) in [5.41, 5.74) is 11.1. The first-order chi connectivity index (χ1) is 34.8. The van der Waals surface area contributed by atoms with E-state index in [1.807, 2.05) is 54.6 Å². The van der Waals surface area contributed by atoms with Crippen molar-refractivity contribution < 1.29 is 4.39 Å². The second kappa shape index (κ2) is 18.1. The normalized spacial score (nSPS) is 11.9. The fourth-order valence-corrected chi connectivity index (χ4v) is 11.4. The van der Waals surface area contributed by atoms with Gasteiger partial charge in [-0.15, -0.1) is 0 Å². The molecule has 0 atom stereocenters. The fraction of sp³-hybridized carbons (Fsp3) is 0.0448. The molecule has 0 heterocycles. The van der Waals surface area contributed by atoms with E-state index < -0.39 is 10.0 Å². The molecule has 12 aromatic rings. The molecule has 0 saturated carbocycles. The van der Waals surface area contributed by atoms with E-state index in [1.165, 1.54) is 31.8 Å². The van der Waals surface area contributed by atoms with Crippen LogP contribution in [0.1, 0.15) is 0 Å². The summed E-state index contributed by atoms with van der Waals surface area (Å²) in [6.07, 6.45) is 7.02. The van der Waals surface area contributed by atoms with Crippen molar-refractivity contribution in [1.29, 1.82) is 0 Å². The first-order valence-corrected chi connectivity index (χ1v) is 27.0. The van der Waals surface area contributed by atoms with Crippen LogP contribution >= 0.6 is 10.0 Å². The van der Waals surface area contributed by atoms with Gasteiger partial charge in [-0.25, -0.2) is 14.4 Å². The smallest absolute Gasteiger partial charge is 0.148 e. The van der Waals surface area contributed by atoms with Crippen LogP contribution < -0.4 is 9.80 Å². The molecule has 0 spiro atoms. The zero-order valence-electron chi connectivity index (χ0n) is 39.9. The highest BCUT2D eigenvalue weighted by atomic mass is 32.3. The summed E-state index contributed by atoms with van der Waals surface area (Å²) in [4.78, 5) is 5.89. The van der Waals surface area contributed by atoms with Gasteiger partial charge in [0.05, 0.1) is 11.4 Å². The van der Waals surface area contributed by atoms with Gasteiger partial charge in [-0.05, 0) is 168 Å². The summed E-state index contributed by atoms with van der Waals surface area (Å²) >= 11 is 0. The Morgan fingerprint density at radius 1 is 0.324 bits per heavy atom. The van der Waals surface area contributed by atoms with Crippen molar-refractivity contribution in [2.45, 2.75) is 4.90 Å². The zero-order valence-corrected chi connectivity index (χ0v) is 40.7. The van der Waals surface area contributed by atoms with Crippen LogP contribution in [0.15, 0.2) is 260 Å². The summed E-state index contributed by atoms with van der Waals surface area (Å²) in [7, 11) is -0.863. The van der Waals surface area contributed by atoms with Crippen molar-refractivity contribution in [1.82, 2.24) is 0 Å². The van der Waals surface area contributed by atoms with E-state index in [0.717, 1.165) is 78.0 Å². The first kappa shape index (κ1) is 43.8. The van der Waals surface area contributed by atoms with Crippen LogP contribution in [-0.4, -0.2) is 18.8 Å². The van der Waals surface area contributed by atoms with Crippen molar-refractivity contribution in [3.8, 4) is 33.4 Å². The lowest BCUT2D eigenvalue weighted by Gasteiger charge is -2.31. The predicted octanol–water partition coefficient (Wildman–Crippen LogP) is 19.4. The number of benzene rings is 12. The monoisotopic (exact) mass is 934 g/mol. The molecule has 0 fully saturated rings. The van der Waals surface area contributed by atoms with E-state index in [-0.39, 0.29) is 5.82 Å². The van der Waals surface area contributed by atoms with Crippen molar-refractivity contribution in [2.75, 3.05) is 28.6 Å². The van der Waals surface area contributed by atoms with Gasteiger partial charge < -0.3 is 9.80 Å². The average molecular weight is 935 g/mol. The highest BCUT2D eigenvalue weighted by molar-refractivity contribution is 8.32. The fourth-order valence-electron chi connectivity index (χ4n) is 10.4. The van der Waals surface area contributed by atoms with Gasteiger partial charge in [-0.1, -0.05) is 176 Å². The predicted molar refractivity (Wildman–Crippen MR) is 306 cm³/mol. The minimum atomic E-state index is -0.863. The molecule has 0 bridgehead atoms. The Labute approximate surface area is 416 Å². The third-order valence-corrected chi connectivity index (χ3v) is 15.5. The van der Waals surface area contributed by atoms with E-state index >= 15 is 4.39 Å². The van der Waals surface area contributed by atoms with E-state index in [4.69, 9.17) is 0 Å². The van der Waals surface area contributed by atoms with Crippen LogP contribution in [0.5, 0.6) is 0 Å². The van der Waals surface area contributed by atoms with Gasteiger partial charge in [0.1, 0.15) is 5.82 Å². The minimum Gasteiger partial charge on any atom is -0.310 e. The number of fused-ring (bicyclic) bond motifs is 8. The van der Waals surface area contributed by atoms with Crippen molar-refractivity contribution in [3.05, 3.63) is 261 Å². The van der Waals surface area contributed by atoms with Gasteiger partial charge in [0.25, 0.3) is 0 Å². The second-order valence-electron chi connectivity index (χ2n) is 19.0. The third-order valence-electron chi connectivity index (χ3n) is 13.8. The standard InChI is InChI=1S/C67H51FN2S/c1-71(2,3)55-37-33-52(34-38-55)69(51-26-14-7-15-27-51)53-35-40-57-49(42-53)32-39-61-59-41-36-54(45-63(59)58-29-16-17-30-60(58)66(57)61)70(65-31-19-18-28-56(65)47-22-10-5-11-23-47)67-62(48-24-12-6-13-25-48)43-50(44-64(67)68)46-20-8-4-9-21-46/h4-45H,1-3H3. The minimum absolute atomic E-state index is 0.309. The largest absolute Gasteiger partial charge is 0.310 e. The number of anilines is 6. The molecular formula is C67H51FN2S. The molecule has 0 saturated heterocycles. The molecule has 2 nitrogen and oxygen atoms in total. The number of nitrogens with zero attached hydrogens (tertiary/aromatic N) is 2. The Hall–Kier alpha value is -8.44.